The zero-order valence-electron chi connectivity index (χ0n) is 20.0. The first kappa shape index (κ1) is 23.1. The number of rotatable bonds is 7. The number of methoxy groups -OCH3 is 1. The zero-order chi connectivity index (χ0) is 24.3. The third kappa shape index (κ3) is 4.80. The Morgan fingerprint density at radius 1 is 1.00 bits per heavy atom. The number of nitrogens with zero attached hydrogens (tertiary/aromatic N) is 3. The van der Waals surface area contributed by atoms with Gasteiger partial charge in [0, 0.05) is 18.5 Å². The number of carbonyl (C=O) groups excluding carboxylic acids is 1. The van der Waals surface area contributed by atoms with Gasteiger partial charge in [0.15, 0.2) is 0 Å². The molecule has 0 bridgehead atoms. The second-order valence-electron chi connectivity index (χ2n) is 9.18. The second-order valence-corrected chi connectivity index (χ2v) is 9.18. The highest BCUT2D eigenvalue weighted by atomic mass is 16.5. The van der Waals surface area contributed by atoms with Crippen LogP contribution < -0.4 is 14.5 Å². The molecule has 0 fully saturated rings. The van der Waals surface area contributed by atoms with Crippen LogP contribution in [0, 0.1) is 11.3 Å². The summed E-state index contributed by atoms with van der Waals surface area (Å²) in [4.78, 5) is 13.3. The summed E-state index contributed by atoms with van der Waals surface area (Å²) in [7, 11) is 7.99. The van der Waals surface area contributed by atoms with Crippen LogP contribution in [0.4, 0.5) is 5.69 Å². The first-order valence-corrected chi connectivity index (χ1v) is 11.1. The van der Waals surface area contributed by atoms with Gasteiger partial charge in [0.1, 0.15) is 17.1 Å². The van der Waals surface area contributed by atoms with Gasteiger partial charge in [-0.15, -0.1) is 0 Å². The highest BCUT2D eigenvalue weighted by molar-refractivity contribution is 6.00. The highest BCUT2D eigenvalue weighted by Gasteiger charge is 2.18. The maximum absolute atomic E-state index is 13.3. The maximum Gasteiger partial charge on any atom is 0.268 e. The number of nitrogens with one attached hydrogen (secondary N) is 1. The minimum absolute atomic E-state index is 0.162. The zero-order valence-corrected chi connectivity index (χ0v) is 20.0. The van der Waals surface area contributed by atoms with E-state index in [9.17, 15) is 10.1 Å². The molecule has 0 aliphatic rings. The van der Waals surface area contributed by atoms with Crippen molar-refractivity contribution in [1.82, 2.24) is 14.4 Å². The van der Waals surface area contributed by atoms with E-state index in [0.29, 0.717) is 30.1 Å². The number of hydrogen-bond acceptors (Lipinski definition) is 3. The lowest BCUT2D eigenvalue weighted by Crippen LogP contribution is -2.34. The molecule has 0 saturated carbocycles. The van der Waals surface area contributed by atoms with Crippen LogP contribution in [0.15, 0.2) is 72.8 Å². The number of quaternary nitrogens is 1. The molecule has 1 amide bonds. The van der Waals surface area contributed by atoms with Gasteiger partial charge < -0.3 is 14.6 Å². The van der Waals surface area contributed by atoms with E-state index in [2.05, 4.69) is 44.7 Å². The van der Waals surface area contributed by atoms with Crippen molar-refractivity contribution < 1.29 is 9.53 Å². The quantitative estimate of drug-likeness (QED) is 0.413. The van der Waals surface area contributed by atoms with Crippen molar-refractivity contribution in [3.63, 3.8) is 0 Å². The molecule has 6 heteroatoms. The minimum atomic E-state index is -0.162. The van der Waals surface area contributed by atoms with Gasteiger partial charge in [-0.2, -0.15) is 5.26 Å². The Morgan fingerprint density at radius 2 is 1.74 bits per heavy atom. The average molecular weight is 454 g/mol. The molecular formula is C28H29N4O2+. The Bertz CT molecular complexity index is 1370. The SMILES string of the molecule is COc1cccc2c1cc(C(=O)NCc1ccc([N+](C)(C)C)cc1)n2Cc1cccc(C#N)c1. The van der Waals surface area contributed by atoms with Crippen LogP contribution in [-0.2, 0) is 13.1 Å². The third-order valence-corrected chi connectivity index (χ3v) is 5.92. The second kappa shape index (κ2) is 9.42. The van der Waals surface area contributed by atoms with Crippen LogP contribution in [0.5, 0.6) is 5.75 Å². The minimum Gasteiger partial charge on any atom is -0.496 e. The van der Waals surface area contributed by atoms with Crippen molar-refractivity contribution in [3.05, 3.63) is 95.2 Å². The predicted molar refractivity (Wildman–Crippen MR) is 136 cm³/mol. The molecule has 0 radical (unpaired) electrons. The van der Waals surface area contributed by atoms with Crippen molar-refractivity contribution in [1.29, 1.82) is 5.26 Å². The molecule has 1 heterocycles. The molecule has 172 valence electrons. The van der Waals surface area contributed by atoms with E-state index in [-0.39, 0.29) is 5.91 Å². The van der Waals surface area contributed by atoms with Crippen molar-refractivity contribution in [3.8, 4) is 11.8 Å². The molecule has 6 nitrogen and oxygen atoms in total. The first-order valence-electron chi connectivity index (χ1n) is 11.1. The smallest absolute Gasteiger partial charge is 0.268 e. The topological polar surface area (TPSA) is 67.0 Å². The van der Waals surface area contributed by atoms with Crippen LogP contribution in [-0.4, -0.2) is 38.7 Å². The number of benzene rings is 3. The van der Waals surface area contributed by atoms with Gasteiger partial charge >= 0.3 is 0 Å². The number of nitriles is 1. The third-order valence-electron chi connectivity index (χ3n) is 5.92. The van der Waals surface area contributed by atoms with Crippen LogP contribution >= 0.6 is 0 Å². The summed E-state index contributed by atoms with van der Waals surface area (Å²) in [6.45, 7) is 0.895. The van der Waals surface area contributed by atoms with E-state index in [4.69, 9.17) is 4.74 Å². The normalized spacial score (nSPS) is 11.3. The number of ether oxygens (including phenoxy) is 1. The molecule has 34 heavy (non-hydrogen) atoms. The van der Waals surface area contributed by atoms with Crippen molar-refractivity contribution in [2.45, 2.75) is 13.1 Å². The van der Waals surface area contributed by atoms with E-state index in [0.717, 1.165) is 26.5 Å². The van der Waals surface area contributed by atoms with Gasteiger partial charge in [0.25, 0.3) is 5.91 Å². The Labute approximate surface area is 200 Å². The molecule has 0 aliphatic carbocycles. The molecular weight excluding hydrogens is 424 g/mol. The van der Waals surface area contributed by atoms with Crippen LogP contribution in [0.1, 0.15) is 27.2 Å². The Hall–Kier alpha value is -4.08. The lowest BCUT2D eigenvalue weighted by Gasteiger charge is -2.23. The van der Waals surface area contributed by atoms with Crippen LogP contribution in [0.3, 0.4) is 0 Å². The van der Waals surface area contributed by atoms with E-state index in [1.54, 1.807) is 13.2 Å². The summed E-state index contributed by atoms with van der Waals surface area (Å²) in [5.74, 6) is 0.553. The van der Waals surface area contributed by atoms with E-state index >= 15 is 0 Å². The predicted octanol–water partition coefficient (Wildman–Crippen LogP) is 4.70. The molecule has 1 N–H and O–H groups in total. The largest absolute Gasteiger partial charge is 0.496 e. The van der Waals surface area contributed by atoms with E-state index in [1.165, 1.54) is 5.69 Å². The first-order chi connectivity index (χ1) is 16.3. The lowest BCUT2D eigenvalue weighted by atomic mass is 10.1. The maximum atomic E-state index is 13.3. The number of hydrogen-bond donors (Lipinski definition) is 1. The average Bonchev–Trinajstić information content (AvgIpc) is 3.21. The fourth-order valence-electron chi connectivity index (χ4n) is 4.05. The Morgan fingerprint density at radius 3 is 2.41 bits per heavy atom. The van der Waals surface area contributed by atoms with Gasteiger partial charge in [-0.25, -0.2) is 0 Å². The summed E-state index contributed by atoms with van der Waals surface area (Å²) in [6, 6.07) is 25.6. The summed E-state index contributed by atoms with van der Waals surface area (Å²) < 4.78 is 8.25. The molecule has 1 aromatic heterocycles. The van der Waals surface area contributed by atoms with Gasteiger partial charge in [0.05, 0.1) is 45.4 Å². The molecule has 0 spiro atoms. The summed E-state index contributed by atoms with van der Waals surface area (Å²) in [5.41, 5.74) is 5.22. The molecule has 4 rings (SSSR count). The molecule has 0 atom stereocenters. The van der Waals surface area contributed by atoms with Crippen LogP contribution in [0.25, 0.3) is 10.9 Å². The van der Waals surface area contributed by atoms with Gasteiger partial charge in [-0.05, 0) is 53.6 Å². The molecule has 3 aromatic carbocycles. The molecule has 0 saturated heterocycles. The summed E-state index contributed by atoms with van der Waals surface area (Å²) >= 11 is 0. The fourth-order valence-corrected chi connectivity index (χ4v) is 4.05. The Kier molecular flexibility index (Phi) is 6.40. The van der Waals surface area contributed by atoms with Crippen LogP contribution in [0.2, 0.25) is 0 Å². The fraction of sp³-hybridized carbons (Fsp3) is 0.214. The van der Waals surface area contributed by atoms with E-state index < -0.39 is 0 Å². The standard InChI is InChI=1S/C28H28N4O2/c1-32(2,3)23-13-11-20(12-14-23)18-30-28(33)26-16-24-25(9-6-10-27(24)34-4)31(26)19-22-8-5-7-21(15-22)17-29/h5-16H,18-19H2,1-4H3/p+1. The number of aromatic nitrogens is 1. The number of carbonyl (C=O) groups is 1. The highest BCUT2D eigenvalue weighted by Crippen LogP contribution is 2.30. The molecule has 4 aromatic rings. The van der Waals surface area contributed by atoms with Gasteiger partial charge in [-0.1, -0.05) is 30.3 Å². The van der Waals surface area contributed by atoms with Crippen molar-refractivity contribution in [2.75, 3.05) is 28.3 Å². The summed E-state index contributed by atoms with van der Waals surface area (Å²) in [5, 5.41) is 13.2. The number of fused-ring (bicyclic) bond motifs is 1. The van der Waals surface area contributed by atoms with Gasteiger partial charge in [0.2, 0.25) is 0 Å². The Balaban J connectivity index is 1.64. The monoisotopic (exact) mass is 453 g/mol. The van der Waals surface area contributed by atoms with Gasteiger partial charge in [-0.3, -0.25) is 9.28 Å². The summed E-state index contributed by atoms with van der Waals surface area (Å²) in [6.07, 6.45) is 0. The van der Waals surface area contributed by atoms with E-state index in [1.807, 2.05) is 59.2 Å². The molecule has 0 aliphatic heterocycles. The molecule has 0 unspecified atom stereocenters. The number of amides is 1. The van der Waals surface area contributed by atoms with Crippen molar-refractivity contribution >= 4 is 22.5 Å². The van der Waals surface area contributed by atoms with Crippen molar-refractivity contribution in [2.24, 2.45) is 0 Å². The lowest BCUT2D eigenvalue weighted by molar-refractivity contribution is 0.0942.